The molecule has 1 fully saturated rings. The average molecular weight is 313 g/mol. The quantitative estimate of drug-likeness (QED) is 0.908. The number of hydrogen-bond acceptors (Lipinski definition) is 1. The van der Waals surface area contributed by atoms with Gasteiger partial charge in [0.15, 0.2) is 0 Å². The fourth-order valence-corrected chi connectivity index (χ4v) is 3.29. The summed E-state index contributed by atoms with van der Waals surface area (Å²) in [5.41, 5.74) is 1.28. The van der Waals surface area contributed by atoms with Crippen LogP contribution < -0.4 is 10.1 Å². The Hall–Kier alpha value is -0.540. The third-order valence-corrected chi connectivity index (χ3v) is 4.55. The average Bonchev–Trinajstić information content (AvgIpc) is 2.38. The molecule has 0 heterocycles. The van der Waals surface area contributed by atoms with Crippen LogP contribution in [0.15, 0.2) is 22.7 Å². The highest BCUT2D eigenvalue weighted by Crippen LogP contribution is 2.24. The monoisotopic (exact) mass is 312 g/mol. The molecule has 100 valence electrons. The number of hydrogen-bond donors (Lipinski definition) is 1. The first-order chi connectivity index (χ1) is 8.70. The van der Waals surface area contributed by atoms with Crippen molar-refractivity contribution in [3.8, 4) is 5.75 Å². The SMILES string of the molecule is COc1ccc(Br)cc1C[NH2+]C1CCCCC1C. The minimum atomic E-state index is 0.780. The van der Waals surface area contributed by atoms with Crippen LogP contribution in [0.25, 0.3) is 0 Å². The number of methoxy groups -OCH3 is 1. The summed E-state index contributed by atoms with van der Waals surface area (Å²) in [4.78, 5) is 0. The molecule has 0 bridgehead atoms. The van der Waals surface area contributed by atoms with Gasteiger partial charge in [-0.1, -0.05) is 29.3 Å². The summed E-state index contributed by atoms with van der Waals surface area (Å²) in [5, 5.41) is 2.49. The van der Waals surface area contributed by atoms with E-state index in [-0.39, 0.29) is 0 Å². The first-order valence-corrected chi connectivity index (χ1v) is 7.65. The molecule has 1 aliphatic carbocycles. The first kappa shape index (κ1) is 13.9. The fourth-order valence-electron chi connectivity index (χ4n) is 2.88. The lowest BCUT2D eigenvalue weighted by Gasteiger charge is -2.26. The Morgan fingerprint density at radius 2 is 2.11 bits per heavy atom. The molecule has 0 spiro atoms. The molecule has 2 N–H and O–H groups in total. The molecule has 1 aliphatic rings. The summed E-state index contributed by atoms with van der Waals surface area (Å²) >= 11 is 3.53. The van der Waals surface area contributed by atoms with Crippen molar-refractivity contribution in [2.24, 2.45) is 5.92 Å². The van der Waals surface area contributed by atoms with Crippen LogP contribution in [0.3, 0.4) is 0 Å². The van der Waals surface area contributed by atoms with Crippen LogP contribution in [0.4, 0.5) is 0 Å². The zero-order chi connectivity index (χ0) is 13.0. The van der Waals surface area contributed by atoms with Crippen molar-refractivity contribution < 1.29 is 10.1 Å². The van der Waals surface area contributed by atoms with Crippen molar-refractivity contribution in [3.63, 3.8) is 0 Å². The molecule has 3 heteroatoms. The van der Waals surface area contributed by atoms with Crippen LogP contribution in [-0.2, 0) is 6.54 Å². The zero-order valence-electron chi connectivity index (χ0n) is 11.3. The van der Waals surface area contributed by atoms with Gasteiger partial charge in [-0.15, -0.1) is 0 Å². The summed E-state index contributed by atoms with van der Waals surface area (Å²) in [7, 11) is 1.75. The molecule has 2 atom stereocenters. The van der Waals surface area contributed by atoms with Gasteiger partial charge in [0.25, 0.3) is 0 Å². The molecule has 2 rings (SSSR count). The van der Waals surface area contributed by atoms with Crippen molar-refractivity contribution in [1.82, 2.24) is 0 Å². The van der Waals surface area contributed by atoms with E-state index in [1.54, 1.807) is 7.11 Å². The Bertz CT molecular complexity index is 394. The van der Waals surface area contributed by atoms with Crippen molar-refractivity contribution in [2.45, 2.75) is 45.2 Å². The van der Waals surface area contributed by atoms with Gasteiger partial charge in [-0.3, -0.25) is 0 Å². The highest BCUT2D eigenvalue weighted by molar-refractivity contribution is 9.10. The molecule has 18 heavy (non-hydrogen) atoms. The number of halogens is 1. The van der Waals surface area contributed by atoms with Gasteiger partial charge in [0, 0.05) is 16.0 Å². The summed E-state index contributed by atoms with van der Waals surface area (Å²) in [5.74, 6) is 1.84. The largest absolute Gasteiger partial charge is 0.496 e. The second kappa shape index (κ2) is 6.58. The van der Waals surface area contributed by atoms with E-state index in [0.29, 0.717) is 0 Å². The lowest BCUT2D eigenvalue weighted by atomic mass is 9.86. The highest BCUT2D eigenvalue weighted by Gasteiger charge is 2.24. The number of ether oxygens (including phenoxy) is 1. The van der Waals surface area contributed by atoms with Crippen molar-refractivity contribution in [1.29, 1.82) is 0 Å². The molecule has 0 aliphatic heterocycles. The van der Waals surface area contributed by atoms with E-state index in [4.69, 9.17) is 4.74 Å². The Kier molecular flexibility index (Phi) is 5.07. The topological polar surface area (TPSA) is 25.8 Å². The van der Waals surface area contributed by atoms with Gasteiger partial charge in [0.05, 0.1) is 13.2 Å². The third kappa shape index (κ3) is 3.48. The van der Waals surface area contributed by atoms with Crippen molar-refractivity contribution in [3.05, 3.63) is 28.2 Å². The van der Waals surface area contributed by atoms with Crippen LogP contribution in [0.2, 0.25) is 0 Å². The maximum absolute atomic E-state index is 5.43. The zero-order valence-corrected chi connectivity index (χ0v) is 12.9. The van der Waals surface area contributed by atoms with Crippen LogP contribution in [0.5, 0.6) is 5.75 Å². The lowest BCUT2D eigenvalue weighted by molar-refractivity contribution is -0.712. The highest BCUT2D eigenvalue weighted by atomic mass is 79.9. The third-order valence-electron chi connectivity index (χ3n) is 4.06. The first-order valence-electron chi connectivity index (χ1n) is 6.86. The van der Waals surface area contributed by atoms with Crippen LogP contribution in [0, 0.1) is 5.92 Å². The van der Waals surface area contributed by atoms with Gasteiger partial charge in [-0.25, -0.2) is 0 Å². The van der Waals surface area contributed by atoms with E-state index in [1.165, 1.54) is 31.2 Å². The van der Waals surface area contributed by atoms with Gasteiger partial charge in [-0.2, -0.15) is 0 Å². The van der Waals surface area contributed by atoms with E-state index in [1.807, 2.05) is 12.1 Å². The minimum Gasteiger partial charge on any atom is -0.496 e. The second-order valence-electron chi connectivity index (χ2n) is 5.32. The van der Waals surface area contributed by atoms with Gasteiger partial charge in [-0.05, 0) is 37.5 Å². The van der Waals surface area contributed by atoms with Crippen LogP contribution >= 0.6 is 15.9 Å². The molecule has 0 saturated heterocycles. The maximum atomic E-state index is 5.43. The number of nitrogens with two attached hydrogens (primary N) is 1. The molecule has 2 unspecified atom stereocenters. The molecule has 0 radical (unpaired) electrons. The molecular weight excluding hydrogens is 290 g/mol. The number of quaternary nitrogens is 1. The van der Waals surface area contributed by atoms with Gasteiger partial charge < -0.3 is 10.1 Å². The summed E-state index contributed by atoms with van der Waals surface area (Å²) < 4.78 is 6.55. The maximum Gasteiger partial charge on any atom is 0.127 e. The molecule has 0 aromatic heterocycles. The summed E-state index contributed by atoms with van der Waals surface area (Å²) in [6.45, 7) is 3.40. The fraction of sp³-hybridized carbons (Fsp3) is 0.600. The molecule has 1 aromatic carbocycles. The van der Waals surface area contributed by atoms with Crippen molar-refractivity contribution >= 4 is 15.9 Å². The minimum absolute atomic E-state index is 0.780. The van der Waals surface area contributed by atoms with E-state index in [0.717, 1.165) is 28.7 Å². The van der Waals surface area contributed by atoms with Crippen LogP contribution in [-0.4, -0.2) is 13.2 Å². The number of benzene rings is 1. The molecule has 1 saturated carbocycles. The number of rotatable bonds is 4. The Morgan fingerprint density at radius 3 is 2.83 bits per heavy atom. The molecule has 1 aromatic rings. The Morgan fingerprint density at radius 1 is 1.33 bits per heavy atom. The Labute approximate surface area is 118 Å². The Balaban J connectivity index is 1.98. The van der Waals surface area contributed by atoms with E-state index >= 15 is 0 Å². The smallest absolute Gasteiger partial charge is 0.127 e. The van der Waals surface area contributed by atoms with Gasteiger partial charge in [0.1, 0.15) is 12.3 Å². The summed E-state index contributed by atoms with van der Waals surface area (Å²) in [6.07, 6.45) is 5.54. The van der Waals surface area contributed by atoms with Gasteiger partial charge >= 0.3 is 0 Å². The predicted molar refractivity (Wildman–Crippen MR) is 77.7 cm³/mol. The molecule has 0 amide bonds. The second-order valence-corrected chi connectivity index (χ2v) is 6.24. The van der Waals surface area contributed by atoms with Crippen molar-refractivity contribution in [2.75, 3.05) is 7.11 Å². The molecule has 2 nitrogen and oxygen atoms in total. The van der Waals surface area contributed by atoms with E-state index in [2.05, 4.69) is 34.2 Å². The summed E-state index contributed by atoms with van der Waals surface area (Å²) in [6, 6.07) is 7.02. The van der Waals surface area contributed by atoms with E-state index < -0.39 is 0 Å². The molecular formula is C15H23BrNO+. The van der Waals surface area contributed by atoms with Gasteiger partial charge in [0.2, 0.25) is 0 Å². The standard InChI is InChI=1S/C15H22BrNO/c1-11-5-3-4-6-14(11)17-10-12-9-13(16)7-8-15(12)18-2/h7-9,11,14,17H,3-6,10H2,1-2H3/p+1. The van der Waals surface area contributed by atoms with E-state index in [9.17, 15) is 0 Å². The lowest BCUT2D eigenvalue weighted by Crippen LogP contribution is -2.90. The predicted octanol–water partition coefficient (Wildman–Crippen LogP) is 3.10. The van der Waals surface area contributed by atoms with Crippen LogP contribution in [0.1, 0.15) is 38.2 Å². The normalized spacial score (nSPS) is 23.9.